The fourth-order valence-corrected chi connectivity index (χ4v) is 12.4. The second kappa shape index (κ2) is 16.4. The van der Waals surface area contributed by atoms with Crippen molar-refractivity contribution in [1.29, 1.82) is 0 Å². The summed E-state index contributed by atoms with van der Waals surface area (Å²) in [5.74, 6) is -0.962. The monoisotopic (exact) mass is 821 g/mol. The van der Waals surface area contributed by atoms with E-state index in [4.69, 9.17) is 18.9 Å². The lowest BCUT2D eigenvalue weighted by molar-refractivity contribution is -0.253. The molecule has 4 rings (SSSR count). The SMILES string of the molecule is C[C@H](NC(=O)OC(C)(C)C)C(=O)O[C@H]1CC[C@@]2(C)[C@H](CC[C@]3(C)[C@@H]2C[C@@H](OC(=O)[C@H](C)NC(=O)OC(C)(C)C)[C@@H]2C([C@](C)(O)CCCC(C)(C)O)CC[C@]23C)C1(C)C. The van der Waals surface area contributed by atoms with Gasteiger partial charge in [0.05, 0.1) is 11.2 Å². The summed E-state index contributed by atoms with van der Waals surface area (Å²) in [6.07, 6.45) is 5.13. The Labute approximate surface area is 349 Å². The van der Waals surface area contributed by atoms with Crippen LogP contribution < -0.4 is 10.6 Å². The van der Waals surface area contributed by atoms with Crippen molar-refractivity contribution >= 4 is 24.1 Å². The molecule has 0 aromatic carbocycles. The minimum Gasteiger partial charge on any atom is -0.461 e. The van der Waals surface area contributed by atoms with Crippen molar-refractivity contribution in [2.75, 3.05) is 0 Å². The van der Waals surface area contributed by atoms with Gasteiger partial charge in [0.15, 0.2) is 0 Å². The van der Waals surface area contributed by atoms with E-state index in [9.17, 15) is 29.4 Å². The molecule has 1 unspecified atom stereocenters. The number of ether oxygens (including phenoxy) is 4. The van der Waals surface area contributed by atoms with Crippen LogP contribution in [0.1, 0.15) is 175 Å². The van der Waals surface area contributed by atoms with Gasteiger partial charge in [0, 0.05) is 11.3 Å². The smallest absolute Gasteiger partial charge is 0.408 e. The van der Waals surface area contributed by atoms with Crippen molar-refractivity contribution in [1.82, 2.24) is 10.6 Å². The second-order valence-corrected chi connectivity index (χ2v) is 22.9. The van der Waals surface area contributed by atoms with Crippen LogP contribution >= 0.6 is 0 Å². The number of alkyl carbamates (subject to hydrolysis) is 2. The average molecular weight is 821 g/mol. The van der Waals surface area contributed by atoms with Crippen LogP contribution in [0.25, 0.3) is 0 Å². The predicted octanol–water partition coefficient (Wildman–Crippen LogP) is 8.62. The molecule has 12 heteroatoms. The lowest BCUT2D eigenvalue weighted by Gasteiger charge is -2.70. The number of hydrogen-bond acceptors (Lipinski definition) is 10. The fourth-order valence-electron chi connectivity index (χ4n) is 12.4. The molecule has 0 bridgehead atoms. The molecule has 0 saturated heterocycles. The lowest BCUT2D eigenvalue weighted by Crippen LogP contribution is -2.67. The molecule has 12 atom stereocenters. The minimum absolute atomic E-state index is 0.132. The van der Waals surface area contributed by atoms with E-state index in [1.54, 1.807) is 69.2 Å². The van der Waals surface area contributed by atoms with Crippen LogP contribution in [0.5, 0.6) is 0 Å². The predicted molar refractivity (Wildman–Crippen MR) is 223 cm³/mol. The first-order chi connectivity index (χ1) is 26.2. The van der Waals surface area contributed by atoms with Gasteiger partial charge in [-0.3, -0.25) is 0 Å². The number of hydrogen-bond donors (Lipinski definition) is 4. The standard InChI is InChI=1S/C46H80N2O10/c1-27(47-37(51)57-39(3,4)5)35(49)55-30-26-32-43(13)23-20-33(56-36(50)28(2)48-38(52)58-40(6,7)8)42(11,12)31(43)19-25-44(32,14)45(15)24-18-29(34(30)45)46(16,54)22-17-21-41(9,10)53/h27-34,53-54H,17-26H2,1-16H3,(H,47,51)(H,48,52)/t27-,28-,29?,30+,31+,32+,33-,34-,43-,44+,45+,46+/m0/s1. The largest absolute Gasteiger partial charge is 0.461 e. The Hall–Kier alpha value is -2.60. The number of esters is 2. The van der Waals surface area contributed by atoms with Crippen molar-refractivity contribution in [3.8, 4) is 0 Å². The third-order valence-electron chi connectivity index (χ3n) is 15.3. The van der Waals surface area contributed by atoms with Gasteiger partial charge in [0.1, 0.15) is 35.5 Å². The summed E-state index contributed by atoms with van der Waals surface area (Å²) in [5.41, 5.74) is -4.33. The first-order valence-electron chi connectivity index (χ1n) is 22.0. The van der Waals surface area contributed by atoms with Gasteiger partial charge in [-0.15, -0.1) is 0 Å². The molecule has 0 aromatic rings. The molecule has 4 N–H and O–H groups in total. The third kappa shape index (κ3) is 10.1. The van der Waals surface area contributed by atoms with E-state index in [0.29, 0.717) is 32.1 Å². The molecule has 4 fully saturated rings. The molecule has 334 valence electrons. The summed E-state index contributed by atoms with van der Waals surface area (Å²) >= 11 is 0. The van der Waals surface area contributed by atoms with E-state index in [0.717, 1.165) is 32.1 Å². The quantitative estimate of drug-likeness (QED) is 0.117. The van der Waals surface area contributed by atoms with Crippen LogP contribution in [0.2, 0.25) is 0 Å². The van der Waals surface area contributed by atoms with Gasteiger partial charge < -0.3 is 39.8 Å². The maximum Gasteiger partial charge on any atom is 0.408 e. The van der Waals surface area contributed by atoms with Gasteiger partial charge >= 0.3 is 24.1 Å². The summed E-state index contributed by atoms with van der Waals surface area (Å²) in [7, 11) is 0. The maximum absolute atomic E-state index is 14.0. The van der Waals surface area contributed by atoms with E-state index in [2.05, 4.69) is 45.3 Å². The summed E-state index contributed by atoms with van der Waals surface area (Å²) in [6.45, 7) is 30.9. The Balaban J connectivity index is 1.65. The lowest BCUT2D eigenvalue weighted by atomic mass is 9.35. The topological polar surface area (TPSA) is 170 Å². The first kappa shape index (κ1) is 48.1. The summed E-state index contributed by atoms with van der Waals surface area (Å²) in [6, 6.07) is -1.83. The van der Waals surface area contributed by atoms with Gasteiger partial charge in [-0.1, -0.05) is 34.6 Å². The molecule has 0 heterocycles. The van der Waals surface area contributed by atoms with Crippen LogP contribution in [-0.2, 0) is 28.5 Å². The number of rotatable bonds is 11. The minimum atomic E-state index is -1.05. The third-order valence-corrected chi connectivity index (χ3v) is 15.3. The Morgan fingerprint density at radius 1 is 0.672 bits per heavy atom. The number of carbonyl (C=O) groups excluding carboxylic acids is 4. The van der Waals surface area contributed by atoms with Gasteiger partial charge in [-0.2, -0.15) is 0 Å². The molecule has 2 amide bonds. The molecule has 0 aliphatic heterocycles. The van der Waals surface area contributed by atoms with Gasteiger partial charge in [0.25, 0.3) is 0 Å². The summed E-state index contributed by atoms with van der Waals surface area (Å²) in [4.78, 5) is 52.6. The highest BCUT2D eigenvalue weighted by Crippen LogP contribution is 2.76. The number of amides is 2. The first-order valence-corrected chi connectivity index (χ1v) is 22.0. The normalized spacial score (nSPS) is 35.4. The Morgan fingerprint density at radius 3 is 1.67 bits per heavy atom. The molecule has 58 heavy (non-hydrogen) atoms. The highest BCUT2D eigenvalue weighted by atomic mass is 16.6. The highest BCUT2D eigenvalue weighted by Gasteiger charge is 2.72. The number of carbonyl (C=O) groups is 4. The van der Waals surface area contributed by atoms with Gasteiger partial charge in [-0.25, -0.2) is 19.2 Å². The van der Waals surface area contributed by atoms with Crippen LogP contribution in [0.4, 0.5) is 9.59 Å². The van der Waals surface area contributed by atoms with E-state index in [1.807, 2.05) is 6.92 Å². The highest BCUT2D eigenvalue weighted by molar-refractivity contribution is 5.81. The summed E-state index contributed by atoms with van der Waals surface area (Å²) in [5, 5.41) is 28.1. The van der Waals surface area contributed by atoms with Gasteiger partial charge in [-0.05, 0) is 174 Å². The van der Waals surface area contributed by atoms with Crippen LogP contribution in [0.3, 0.4) is 0 Å². The zero-order chi connectivity index (χ0) is 44.2. The number of aliphatic hydroxyl groups is 2. The van der Waals surface area contributed by atoms with E-state index in [1.165, 1.54) is 0 Å². The van der Waals surface area contributed by atoms with E-state index in [-0.39, 0.29) is 46.0 Å². The number of fused-ring (bicyclic) bond motifs is 5. The van der Waals surface area contributed by atoms with E-state index < -0.39 is 70.1 Å². The Kier molecular flexibility index (Phi) is 13.6. The van der Waals surface area contributed by atoms with Crippen molar-refractivity contribution in [2.24, 2.45) is 45.3 Å². The van der Waals surface area contributed by atoms with Crippen molar-refractivity contribution in [3.05, 3.63) is 0 Å². The molecule has 4 saturated carbocycles. The molecule has 12 nitrogen and oxygen atoms in total. The molecule has 0 spiro atoms. The molecular formula is C46H80N2O10. The average Bonchev–Trinajstić information content (AvgIpc) is 3.41. The fraction of sp³-hybridized carbons (Fsp3) is 0.913. The van der Waals surface area contributed by atoms with E-state index >= 15 is 0 Å². The molecule has 0 aromatic heterocycles. The maximum atomic E-state index is 14.0. The van der Waals surface area contributed by atoms with Crippen molar-refractivity contribution < 1.29 is 48.3 Å². The van der Waals surface area contributed by atoms with Gasteiger partial charge in [0.2, 0.25) is 0 Å². The molecular weight excluding hydrogens is 741 g/mol. The molecule has 4 aliphatic rings. The van der Waals surface area contributed by atoms with Crippen LogP contribution in [-0.4, -0.2) is 81.0 Å². The van der Waals surface area contributed by atoms with Crippen LogP contribution in [0, 0.1) is 45.3 Å². The second-order valence-electron chi connectivity index (χ2n) is 22.9. The number of nitrogens with one attached hydrogen (secondary N) is 2. The summed E-state index contributed by atoms with van der Waals surface area (Å²) < 4.78 is 23.7. The molecule has 4 aliphatic carbocycles. The molecule has 0 radical (unpaired) electrons. The zero-order valence-corrected chi connectivity index (χ0v) is 38.9. The van der Waals surface area contributed by atoms with Crippen LogP contribution in [0.15, 0.2) is 0 Å². The van der Waals surface area contributed by atoms with Crippen molar-refractivity contribution in [3.63, 3.8) is 0 Å². The Morgan fingerprint density at radius 2 is 1.17 bits per heavy atom. The Bertz CT molecular complexity index is 1520. The zero-order valence-electron chi connectivity index (χ0n) is 38.9. The van der Waals surface area contributed by atoms with Crippen molar-refractivity contribution in [2.45, 2.75) is 222 Å².